The Hall–Kier alpha value is -3.36. The highest BCUT2D eigenvalue weighted by molar-refractivity contribution is 7.92. The number of amides is 2. The summed E-state index contributed by atoms with van der Waals surface area (Å²) >= 11 is 6.08. The molecule has 0 spiro atoms. The first kappa shape index (κ1) is 30.2. The van der Waals surface area contributed by atoms with Crippen LogP contribution in [0.1, 0.15) is 36.5 Å². The van der Waals surface area contributed by atoms with Gasteiger partial charge in [0.15, 0.2) is 0 Å². The van der Waals surface area contributed by atoms with Crippen LogP contribution in [0.15, 0.2) is 78.9 Å². The normalized spacial score (nSPS) is 12.0. The molecule has 1 atom stereocenters. The summed E-state index contributed by atoms with van der Waals surface area (Å²) in [5.41, 5.74) is 2.92. The van der Waals surface area contributed by atoms with Crippen molar-refractivity contribution in [3.05, 3.63) is 101 Å². The van der Waals surface area contributed by atoms with Crippen LogP contribution in [0.5, 0.6) is 0 Å². The van der Waals surface area contributed by atoms with E-state index in [0.29, 0.717) is 17.3 Å². The lowest BCUT2D eigenvalue weighted by Gasteiger charge is -2.33. The van der Waals surface area contributed by atoms with Crippen molar-refractivity contribution in [3.63, 3.8) is 0 Å². The number of sulfonamides is 1. The minimum atomic E-state index is -3.80. The van der Waals surface area contributed by atoms with E-state index in [1.54, 1.807) is 42.5 Å². The largest absolute Gasteiger partial charge is 0.354 e. The molecule has 0 aliphatic rings. The van der Waals surface area contributed by atoms with Gasteiger partial charge in [0.25, 0.3) is 0 Å². The van der Waals surface area contributed by atoms with E-state index in [2.05, 4.69) is 5.32 Å². The number of unbranched alkanes of at least 4 members (excludes halogenated alkanes) is 1. The number of halogens is 1. The van der Waals surface area contributed by atoms with Gasteiger partial charge >= 0.3 is 0 Å². The summed E-state index contributed by atoms with van der Waals surface area (Å²) in [5, 5.41) is 3.52. The molecule has 39 heavy (non-hydrogen) atoms. The fourth-order valence-corrected chi connectivity index (χ4v) is 5.21. The predicted octanol–water partition coefficient (Wildman–Crippen LogP) is 4.97. The molecule has 0 aliphatic heterocycles. The Morgan fingerprint density at radius 3 is 2.26 bits per heavy atom. The lowest BCUT2D eigenvalue weighted by atomic mass is 10.0. The van der Waals surface area contributed by atoms with Crippen LogP contribution in [0.4, 0.5) is 5.69 Å². The van der Waals surface area contributed by atoms with Gasteiger partial charge in [-0.1, -0.05) is 79.5 Å². The molecule has 0 aromatic heterocycles. The Morgan fingerprint density at radius 1 is 0.949 bits per heavy atom. The fraction of sp³-hybridized carbons (Fsp3) is 0.333. The lowest BCUT2D eigenvalue weighted by molar-refractivity contribution is -0.140. The Bertz CT molecular complexity index is 1350. The zero-order valence-electron chi connectivity index (χ0n) is 22.6. The zero-order valence-corrected chi connectivity index (χ0v) is 24.2. The Morgan fingerprint density at radius 2 is 1.64 bits per heavy atom. The second kappa shape index (κ2) is 14.1. The van der Waals surface area contributed by atoms with E-state index in [9.17, 15) is 18.0 Å². The van der Waals surface area contributed by atoms with Gasteiger partial charge in [-0.3, -0.25) is 13.9 Å². The summed E-state index contributed by atoms with van der Waals surface area (Å²) in [5.74, 6) is -0.764. The standard InChI is InChI=1S/C30H36ClN3O4S/c1-4-5-18-32-30(36)28(20-24-11-7-6-8-12-24)33(21-25-14-16-26(31)17-15-25)29(35)22-34(39(3,37)38)27-13-9-10-23(2)19-27/h6-17,19,28H,4-5,18,20-22H2,1-3H3,(H,32,36). The highest BCUT2D eigenvalue weighted by Gasteiger charge is 2.33. The van der Waals surface area contributed by atoms with Crippen LogP contribution < -0.4 is 9.62 Å². The van der Waals surface area contributed by atoms with Gasteiger partial charge < -0.3 is 10.2 Å². The SMILES string of the molecule is CCCCNC(=O)C(Cc1ccccc1)N(Cc1ccc(Cl)cc1)C(=O)CN(c1cccc(C)c1)S(C)(=O)=O. The number of carbonyl (C=O) groups excluding carboxylic acids is 2. The first-order chi connectivity index (χ1) is 18.6. The fourth-order valence-electron chi connectivity index (χ4n) is 4.24. The van der Waals surface area contributed by atoms with Crippen molar-refractivity contribution in [1.82, 2.24) is 10.2 Å². The number of nitrogens with one attached hydrogen (secondary N) is 1. The van der Waals surface area contributed by atoms with E-state index in [1.807, 2.05) is 50.2 Å². The number of hydrogen-bond acceptors (Lipinski definition) is 4. The number of anilines is 1. The molecule has 3 aromatic rings. The first-order valence-corrected chi connectivity index (χ1v) is 15.2. The van der Waals surface area contributed by atoms with Gasteiger partial charge in [0.05, 0.1) is 11.9 Å². The Labute approximate surface area is 236 Å². The molecule has 0 bridgehead atoms. The number of benzene rings is 3. The zero-order chi connectivity index (χ0) is 28.4. The monoisotopic (exact) mass is 569 g/mol. The molecule has 1 N–H and O–H groups in total. The maximum Gasteiger partial charge on any atom is 0.244 e. The summed E-state index contributed by atoms with van der Waals surface area (Å²) in [6.07, 6.45) is 3.08. The van der Waals surface area contributed by atoms with E-state index in [-0.39, 0.29) is 18.9 Å². The van der Waals surface area contributed by atoms with E-state index >= 15 is 0 Å². The van der Waals surface area contributed by atoms with Gasteiger partial charge in [-0.05, 0) is 54.3 Å². The predicted molar refractivity (Wildman–Crippen MR) is 157 cm³/mol. The van der Waals surface area contributed by atoms with Gasteiger partial charge in [0.2, 0.25) is 21.8 Å². The summed E-state index contributed by atoms with van der Waals surface area (Å²) in [6.45, 7) is 4.05. The van der Waals surface area contributed by atoms with Crippen molar-refractivity contribution >= 4 is 39.1 Å². The van der Waals surface area contributed by atoms with Crippen molar-refractivity contribution in [1.29, 1.82) is 0 Å². The molecule has 208 valence electrons. The third-order valence-electron chi connectivity index (χ3n) is 6.34. The first-order valence-electron chi connectivity index (χ1n) is 13.0. The highest BCUT2D eigenvalue weighted by Crippen LogP contribution is 2.22. The molecule has 0 heterocycles. The highest BCUT2D eigenvalue weighted by atomic mass is 35.5. The summed E-state index contributed by atoms with van der Waals surface area (Å²) in [7, 11) is -3.80. The molecule has 0 saturated heterocycles. The van der Waals surface area contributed by atoms with E-state index in [4.69, 9.17) is 11.6 Å². The van der Waals surface area contributed by atoms with Crippen LogP contribution in [0.2, 0.25) is 5.02 Å². The second-order valence-electron chi connectivity index (χ2n) is 9.61. The van der Waals surface area contributed by atoms with Crippen LogP contribution in [0, 0.1) is 6.92 Å². The van der Waals surface area contributed by atoms with Crippen molar-refractivity contribution in [2.45, 2.75) is 45.7 Å². The van der Waals surface area contributed by atoms with Crippen LogP contribution in [0.3, 0.4) is 0 Å². The number of hydrogen-bond donors (Lipinski definition) is 1. The van der Waals surface area contributed by atoms with Crippen molar-refractivity contribution in [3.8, 4) is 0 Å². The van der Waals surface area contributed by atoms with E-state index in [0.717, 1.165) is 40.1 Å². The Balaban J connectivity index is 2.02. The summed E-state index contributed by atoms with van der Waals surface area (Å²) in [4.78, 5) is 29.0. The molecule has 3 aromatic carbocycles. The van der Waals surface area contributed by atoms with Gasteiger partial charge in [-0.2, -0.15) is 0 Å². The summed E-state index contributed by atoms with van der Waals surface area (Å²) < 4.78 is 26.7. The molecule has 7 nitrogen and oxygen atoms in total. The van der Waals surface area contributed by atoms with Gasteiger partial charge in [-0.25, -0.2) is 8.42 Å². The lowest BCUT2D eigenvalue weighted by Crippen LogP contribution is -2.53. The van der Waals surface area contributed by atoms with Gasteiger partial charge in [0.1, 0.15) is 12.6 Å². The molecule has 1 unspecified atom stereocenters. The number of aryl methyl sites for hydroxylation is 1. The van der Waals surface area contributed by atoms with Gasteiger partial charge in [-0.15, -0.1) is 0 Å². The molecule has 2 amide bonds. The maximum atomic E-state index is 14.0. The quantitative estimate of drug-likeness (QED) is 0.294. The maximum absolute atomic E-state index is 14.0. The molecule has 0 aliphatic carbocycles. The minimum Gasteiger partial charge on any atom is -0.354 e. The third kappa shape index (κ3) is 9.11. The number of rotatable bonds is 13. The van der Waals surface area contributed by atoms with Crippen LogP contribution in [-0.4, -0.2) is 50.5 Å². The van der Waals surface area contributed by atoms with Crippen LogP contribution in [-0.2, 0) is 32.6 Å². The molecular formula is C30H36ClN3O4S. The number of nitrogens with zero attached hydrogens (tertiary/aromatic N) is 2. The smallest absolute Gasteiger partial charge is 0.244 e. The molecule has 9 heteroatoms. The molecule has 3 rings (SSSR count). The number of carbonyl (C=O) groups is 2. The van der Waals surface area contributed by atoms with E-state index in [1.165, 1.54) is 4.90 Å². The van der Waals surface area contributed by atoms with Crippen molar-refractivity contribution in [2.24, 2.45) is 0 Å². The average molecular weight is 570 g/mol. The molecule has 0 radical (unpaired) electrons. The van der Waals surface area contributed by atoms with E-state index < -0.39 is 28.5 Å². The van der Waals surface area contributed by atoms with Crippen LogP contribution >= 0.6 is 11.6 Å². The molecular weight excluding hydrogens is 534 g/mol. The Kier molecular flexibility index (Phi) is 10.9. The topological polar surface area (TPSA) is 86.8 Å². The van der Waals surface area contributed by atoms with Gasteiger partial charge in [0, 0.05) is 24.5 Å². The average Bonchev–Trinajstić information content (AvgIpc) is 2.90. The van der Waals surface area contributed by atoms with Crippen molar-refractivity contribution < 1.29 is 18.0 Å². The molecule has 0 fully saturated rings. The van der Waals surface area contributed by atoms with Crippen LogP contribution in [0.25, 0.3) is 0 Å². The summed E-state index contributed by atoms with van der Waals surface area (Å²) in [6, 6.07) is 22.6. The second-order valence-corrected chi connectivity index (χ2v) is 12.0. The molecule has 0 saturated carbocycles. The third-order valence-corrected chi connectivity index (χ3v) is 7.73. The minimum absolute atomic E-state index is 0.111. The van der Waals surface area contributed by atoms with Crippen molar-refractivity contribution in [2.75, 3.05) is 23.7 Å².